The van der Waals surface area contributed by atoms with Gasteiger partial charge in [-0.25, -0.2) is 9.78 Å². The molecule has 4 fully saturated rings. The molecule has 0 aliphatic heterocycles. The first-order valence-corrected chi connectivity index (χ1v) is 11.4. The molecule has 4 aliphatic carbocycles. The van der Waals surface area contributed by atoms with Crippen LogP contribution in [0, 0.1) is 23.2 Å². The van der Waals surface area contributed by atoms with Crippen LogP contribution in [-0.2, 0) is 9.53 Å². The number of hydrogen-bond acceptors (Lipinski definition) is 5. The third-order valence-electron chi connectivity index (χ3n) is 6.84. The fourth-order valence-corrected chi connectivity index (χ4v) is 7.15. The highest BCUT2D eigenvalue weighted by Gasteiger charge is 2.61. The Bertz CT molecular complexity index is 994. The lowest BCUT2D eigenvalue weighted by molar-refractivity contribution is -0.174. The second kappa shape index (κ2) is 6.96. The van der Waals surface area contributed by atoms with Gasteiger partial charge in [0.2, 0.25) is 5.91 Å². The predicted molar refractivity (Wildman–Crippen MR) is 112 cm³/mol. The molecule has 4 bridgehead atoms. The van der Waals surface area contributed by atoms with E-state index in [-0.39, 0.29) is 17.5 Å². The molecule has 1 aromatic carbocycles. The van der Waals surface area contributed by atoms with Crippen LogP contribution in [-0.4, -0.2) is 23.0 Å². The first-order valence-electron chi connectivity index (χ1n) is 9.78. The van der Waals surface area contributed by atoms with Gasteiger partial charge in [0.1, 0.15) is 11.1 Å². The standard InChI is InChI=1S/C21H20Cl2N2O3S/c22-14-3-1-2-13(16(14)23)18-25-15(9-29-18)19(26)28-17-12-5-10-4-11(6-12)8-21(17,7-10)20(24)27/h1-3,9-12,17H,4-8H2,(H2,24,27). The number of hydrogen-bond donors (Lipinski definition) is 1. The molecule has 0 saturated heterocycles. The largest absolute Gasteiger partial charge is 0.456 e. The van der Waals surface area contributed by atoms with E-state index >= 15 is 0 Å². The fraction of sp³-hybridized carbons (Fsp3) is 0.476. The van der Waals surface area contributed by atoms with Crippen molar-refractivity contribution in [1.29, 1.82) is 0 Å². The van der Waals surface area contributed by atoms with Crippen LogP contribution in [0.25, 0.3) is 10.6 Å². The number of ether oxygens (including phenoxy) is 1. The van der Waals surface area contributed by atoms with Crippen LogP contribution in [0.1, 0.15) is 42.6 Å². The van der Waals surface area contributed by atoms with Crippen LogP contribution >= 0.6 is 34.5 Å². The number of carbonyl (C=O) groups excluding carboxylic acids is 2. The van der Waals surface area contributed by atoms with Gasteiger partial charge in [0, 0.05) is 10.9 Å². The summed E-state index contributed by atoms with van der Waals surface area (Å²) in [7, 11) is 0. The third kappa shape index (κ3) is 3.07. The van der Waals surface area contributed by atoms with Crippen molar-refractivity contribution in [3.8, 4) is 10.6 Å². The number of amides is 1. The Kier molecular flexibility index (Phi) is 4.64. The van der Waals surface area contributed by atoms with Gasteiger partial charge in [0.05, 0.1) is 15.5 Å². The molecule has 2 N–H and O–H groups in total. The minimum Gasteiger partial charge on any atom is -0.456 e. The molecule has 0 radical (unpaired) electrons. The number of thiazole rings is 1. The quantitative estimate of drug-likeness (QED) is 0.667. The number of rotatable bonds is 4. The summed E-state index contributed by atoms with van der Waals surface area (Å²) in [5.74, 6) is 0.401. The molecule has 2 aromatic rings. The summed E-state index contributed by atoms with van der Waals surface area (Å²) >= 11 is 13.7. The minimum atomic E-state index is -0.723. The number of aromatic nitrogens is 1. The van der Waals surface area contributed by atoms with E-state index in [4.69, 9.17) is 33.7 Å². The maximum atomic E-state index is 12.9. The van der Waals surface area contributed by atoms with Gasteiger partial charge < -0.3 is 10.5 Å². The monoisotopic (exact) mass is 450 g/mol. The maximum Gasteiger partial charge on any atom is 0.358 e. The van der Waals surface area contributed by atoms with E-state index in [1.54, 1.807) is 17.5 Å². The number of primary amides is 1. The number of halogens is 2. The minimum absolute atomic E-state index is 0.207. The number of carbonyl (C=O) groups is 2. The van der Waals surface area contributed by atoms with Crippen molar-refractivity contribution in [2.24, 2.45) is 28.9 Å². The molecule has 4 aliphatic rings. The second-order valence-corrected chi connectivity index (χ2v) is 10.2. The second-order valence-electron chi connectivity index (χ2n) is 8.59. The zero-order valence-electron chi connectivity index (χ0n) is 15.6. The summed E-state index contributed by atoms with van der Waals surface area (Å²) in [4.78, 5) is 29.8. The molecule has 1 heterocycles. The fourth-order valence-electron chi connectivity index (χ4n) is 5.88. The average molecular weight is 451 g/mol. The van der Waals surface area contributed by atoms with Crippen molar-refractivity contribution in [2.75, 3.05) is 0 Å². The molecule has 3 unspecified atom stereocenters. The molecular weight excluding hydrogens is 431 g/mol. The van der Waals surface area contributed by atoms with E-state index in [1.807, 2.05) is 6.07 Å². The van der Waals surface area contributed by atoms with Crippen molar-refractivity contribution in [2.45, 2.75) is 38.2 Å². The zero-order chi connectivity index (χ0) is 20.3. The van der Waals surface area contributed by atoms with Crippen molar-refractivity contribution < 1.29 is 14.3 Å². The lowest BCUT2D eigenvalue weighted by Gasteiger charge is -2.58. The Balaban J connectivity index is 1.40. The Hall–Kier alpha value is -1.63. The molecule has 0 spiro atoms. The van der Waals surface area contributed by atoms with Crippen LogP contribution in [0.3, 0.4) is 0 Å². The summed E-state index contributed by atoms with van der Waals surface area (Å²) in [6, 6.07) is 5.29. The number of esters is 1. The Morgan fingerprint density at radius 2 is 1.90 bits per heavy atom. The van der Waals surface area contributed by atoms with Gasteiger partial charge in [-0.1, -0.05) is 35.3 Å². The van der Waals surface area contributed by atoms with Gasteiger partial charge in [0.15, 0.2) is 5.69 Å². The molecule has 5 nitrogen and oxygen atoms in total. The molecular formula is C21H20Cl2N2O3S. The zero-order valence-corrected chi connectivity index (χ0v) is 17.9. The van der Waals surface area contributed by atoms with E-state index in [0.717, 1.165) is 25.7 Å². The summed E-state index contributed by atoms with van der Waals surface area (Å²) < 4.78 is 5.93. The number of nitrogens with zero attached hydrogens (tertiary/aromatic N) is 1. The molecule has 1 amide bonds. The topological polar surface area (TPSA) is 82.3 Å². The van der Waals surface area contributed by atoms with Crippen molar-refractivity contribution >= 4 is 46.4 Å². The van der Waals surface area contributed by atoms with Crippen molar-refractivity contribution in [3.63, 3.8) is 0 Å². The van der Waals surface area contributed by atoms with Crippen LogP contribution < -0.4 is 5.73 Å². The summed E-state index contributed by atoms with van der Waals surface area (Å²) in [6.07, 6.45) is 4.18. The number of nitrogens with two attached hydrogens (primary N) is 1. The lowest BCUT2D eigenvalue weighted by Crippen LogP contribution is -2.62. The van der Waals surface area contributed by atoms with Crippen molar-refractivity contribution in [3.05, 3.63) is 39.3 Å². The smallest absolute Gasteiger partial charge is 0.358 e. The highest BCUT2D eigenvalue weighted by atomic mass is 35.5. The molecule has 6 rings (SSSR count). The summed E-state index contributed by atoms with van der Waals surface area (Å²) in [5.41, 5.74) is 6.00. The van der Waals surface area contributed by atoms with E-state index in [2.05, 4.69) is 4.98 Å². The Morgan fingerprint density at radius 3 is 2.59 bits per heavy atom. The van der Waals surface area contributed by atoms with Crippen LogP contribution in [0.5, 0.6) is 0 Å². The van der Waals surface area contributed by atoms with E-state index in [1.165, 1.54) is 17.8 Å². The average Bonchev–Trinajstić information content (AvgIpc) is 3.16. The molecule has 29 heavy (non-hydrogen) atoms. The van der Waals surface area contributed by atoms with Gasteiger partial charge in [0.25, 0.3) is 0 Å². The van der Waals surface area contributed by atoms with Gasteiger partial charge in [-0.05, 0) is 55.9 Å². The Labute approximate surface area is 182 Å². The van der Waals surface area contributed by atoms with Crippen LogP contribution in [0.4, 0.5) is 0 Å². The molecule has 3 atom stereocenters. The van der Waals surface area contributed by atoms with Gasteiger partial charge >= 0.3 is 5.97 Å². The lowest BCUT2D eigenvalue weighted by atomic mass is 9.48. The highest BCUT2D eigenvalue weighted by Crippen LogP contribution is 2.61. The first kappa shape index (κ1) is 19.3. The third-order valence-corrected chi connectivity index (χ3v) is 8.53. The molecule has 1 aromatic heterocycles. The maximum absolute atomic E-state index is 12.9. The first-order chi connectivity index (χ1) is 13.9. The van der Waals surface area contributed by atoms with E-state index in [0.29, 0.717) is 32.5 Å². The highest BCUT2D eigenvalue weighted by molar-refractivity contribution is 7.13. The molecule has 8 heteroatoms. The van der Waals surface area contributed by atoms with E-state index in [9.17, 15) is 9.59 Å². The molecule has 152 valence electrons. The predicted octanol–water partition coefficient (Wildman–Crippen LogP) is 4.95. The van der Waals surface area contributed by atoms with Gasteiger partial charge in [-0.15, -0.1) is 11.3 Å². The summed E-state index contributed by atoms with van der Waals surface area (Å²) in [6.45, 7) is 0. The SMILES string of the molecule is NC(=O)C12CC3CC(CC(C3)C1OC(=O)c1csc(-c3cccc(Cl)c3Cl)n1)C2. The van der Waals surface area contributed by atoms with Gasteiger partial charge in [-0.2, -0.15) is 0 Å². The normalized spacial score (nSPS) is 32.3. The van der Waals surface area contributed by atoms with Crippen molar-refractivity contribution in [1.82, 2.24) is 4.98 Å². The Morgan fingerprint density at radius 1 is 1.17 bits per heavy atom. The number of benzene rings is 1. The molecule has 4 saturated carbocycles. The van der Waals surface area contributed by atoms with E-state index < -0.39 is 17.5 Å². The van der Waals surface area contributed by atoms with Crippen LogP contribution in [0.15, 0.2) is 23.6 Å². The van der Waals surface area contributed by atoms with Crippen LogP contribution in [0.2, 0.25) is 10.0 Å². The summed E-state index contributed by atoms with van der Waals surface area (Å²) in [5, 5.41) is 3.08. The van der Waals surface area contributed by atoms with Gasteiger partial charge in [-0.3, -0.25) is 4.79 Å².